The van der Waals surface area contributed by atoms with Crippen LogP contribution in [0.5, 0.6) is 5.75 Å². The molecule has 1 heterocycles. The van der Waals surface area contributed by atoms with Gasteiger partial charge in [-0.1, -0.05) is 0 Å². The first kappa shape index (κ1) is 12.2. The van der Waals surface area contributed by atoms with Crippen LogP contribution in [-0.4, -0.2) is 16.6 Å². The molecule has 0 bridgehead atoms. The fourth-order valence-electron chi connectivity index (χ4n) is 1.84. The smallest absolute Gasteiger partial charge is 0.121 e. The summed E-state index contributed by atoms with van der Waals surface area (Å²) in [5.41, 5.74) is 2.89. The van der Waals surface area contributed by atoms with Crippen LogP contribution >= 0.6 is 0 Å². The third-order valence-electron chi connectivity index (χ3n) is 2.62. The molecule has 0 unspecified atom stereocenters. The summed E-state index contributed by atoms with van der Waals surface area (Å²) in [4.78, 5) is 7.55. The molecule has 0 spiro atoms. The van der Waals surface area contributed by atoms with E-state index >= 15 is 0 Å². The number of nitrogens with zero attached hydrogens (tertiary/aromatic N) is 2. The highest BCUT2D eigenvalue weighted by molar-refractivity contribution is 5.62. The number of imidazole rings is 1. The number of aryl methyl sites for hydroxylation is 1. The van der Waals surface area contributed by atoms with Crippen molar-refractivity contribution in [3.8, 4) is 23.1 Å². The van der Waals surface area contributed by atoms with Crippen LogP contribution in [0.4, 0.5) is 0 Å². The predicted octanol–water partition coefficient (Wildman–Crippen LogP) is 2.85. The number of benzene rings is 1. The maximum atomic E-state index is 8.66. The molecule has 0 aliphatic rings. The van der Waals surface area contributed by atoms with Crippen LogP contribution in [0.25, 0.3) is 11.3 Å². The van der Waals surface area contributed by atoms with Crippen molar-refractivity contribution in [1.29, 1.82) is 5.26 Å². The molecular formula is C14H15N3O. The number of nitriles is 1. The first-order chi connectivity index (χ1) is 8.74. The molecular weight excluding hydrogens is 226 g/mol. The minimum atomic E-state index is 0.303. The van der Waals surface area contributed by atoms with Gasteiger partial charge >= 0.3 is 0 Å². The molecule has 0 amide bonds. The lowest BCUT2D eigenvalue weighted by Gasteiger charge is -2.03. The average molecular weight is 241 g/mol. The number of ether oxygens (including phenoxy) is 1. The summed E-state index contributed by atoms with van der Waals surface area (Å²) < 4.78 is 5.40. The van der Waals surface area contributed by atoms with E-state index < -0.39 is 0 Å². The number of H-pyrrole nitrogens is 1. The van der Waals surface area contributed by atoms with Gasteiger partial charge in [-0.2, -0.15) is 5.26 Å². The average Bonchev–Trinajstić information content (AvgIpc) is 2.72. The van der Waals surface area contributed by atoms with Crippen molar-refractivity contribution in [2.45, 2.75) is 20.3 Å². The molecule has 0 aliphatic carbocycles. The van der Waals surface area contributed by atoms with E-state index in [1.54, 1.807) is 0 Å². The number of hydrogen-bond acceptors (Lipinski definition) is 3. The normalized spacial score (nSPS) is 10.1. The Morgan fingerprint density at radius 3 is 2.67 bits per heavy atom. The van der Waals surface area contributed by atoms with Gasteiger partial charge in [0.05, 0.1) is 24.8 Å². The zero-order valence-electron chi connectivity index (χ0n) is 10.5. The van der Waals surface area contributed by atoms with E-state index in [0.717, 1.165) is 22.7 Å². The molecule has 0 aliphatic heterocycles. The number of nitrogens with one attached hydrogen (secondary N) is 1. The van der Waals surface area contributed by atoms with Gasteiger partial charge in [0.15, 0.2) is 0 Å². The van der Waals surface area contributed by atoms with Crippen molar-refractivity contribution in [3.05, 3.63) is 35.8 Å². The lowest BCUT2D eigenvalue weighted by atomic mass is 10.1. The molecule has 0 fully saturated rings. The minimum Gasteiger partial charge on any atom is -0.494 e. The Balaban J connectivity index is 2.28. The van der Waals surface area contributed by atoms with Crippen LogP contribution in [-0.2, 0) is 6.42 Å². The fourth-order valence-corrected chi connectivity index (χ4v) is 1.84. The van der Waals surface area contributed by atoms with E-state index in [4.69, 9.17) is 10.00 Å². The zero-order valence-corrected chi connectivity index (χ0v) is 10.5. The van der Waals surface area contributed by atoms with Crippen LogP contribution in [0.3, 0.4) is 0 Å². The maximum absolute atomic E-state index is 8.66. The molecule has 2 rings (SSSR count). The van der Waals surface area contributed by atoms with E-state index in [-0.39, 0.29) is 0 Å². The van der Waals surface area contributed by atoms with E-state index in [1.807, 2.05) is 38.1 Å². The molecule has 1 aromatic carbocycles. The van der Waals surface area contributed by atoms with Crippen molar-refractivity contribution in [1.82, 2.24) is 9.97 Å². The quantitative estimate of drug-likeness (QED) is 0.895. The van der Waals surface area contributed by atoms with E-state index in [2.05, 4.69) is 16.0 Å². The molecule has 0 saturated heterocycles. The molecule has 0 atom stereocenters. The Hall–Kier alpha value is -2.28. The number of hydrogen-bond donors (Lipinski definition) is 1. The highest BCUT2D eigenvalue weighted by atomic mass is 16.5. The van der Waals surface area contributed by atoms with Crippen LogP contribution in [0.15, 0.2) is 24.3 Å². The van der Waals surface area contributed by atoms with Gasteiger partial charge in [0.2, 0.25) is 0 Å². The summed E-state index contributed by atoms with van der Waals surface area (Å²) >= 11 is 0. The summed E-state index contributed by atoms with van der Waals surface area (Å²) in [6.07, 6.45) is 0.303. The van der Waals surface area contributed by atoms with Crippen LogP contribution in [0.1, 0.15) is 18.4 Å². The maximum Gasteiger partial charge on any atom is 0.121 e. The predicted molar refractivity (Wildman–Crippen MR) is 69.2 cm³/mol. The molecule has 1 aromatic heterocycles. The molecule has 1 N–H and O–H groups in total. The Morgan fingerprint density at radius 2 is 2.06 bits per heavy atom. The monoisotopic (exact) mass is 241 g/mol. The third-order valence-corrected chi connectivity index (χ3v) is 2.62. The van der Waals surface area contributed by atoms with Crippen molar-refractivity contribution < 1.29 is 4.74 Å². The lowest BCUT2D eigenvalue weighted by Crippen LogP contribution is -1.91. The lowest BCUT2D eigenvalue weighted by molar-refractivity contribution is 0.340. The standard InChI is InChI=1S/C14H15N3O/c1-3-18-12-6-4-11(5-7-12)14-10(2)16-13(17-14)8-9-15/h4-7H,3,8H2,1-2H3,(H,16,17). The Labute approximate surface area is 106 Å². The molecule has 4 heteroatoms. The summed E-state index contributed by atoms with van der Waals surface area (Å²) in [5.74, 6) is 1.56. The van der Waals surface area contributed by atoms with Gasteiger partial charge in [-0.05, 0) is 38.1 Å². The van der Waals surface area contributed by atoms with E-state index in [1.165, 1.54) is 0 Å². The molecule has 92 valence electrons. The van der Waals surface area contributed by atoms with Gasteiger partial charge in [0.25, 0.3) is 0 Å². The Kier molecular flexibility index (Phi) is 3.63. The highest BCUT2D eigenvalue weighted by Gasteiger charge is 2.08. The van der Waals surface area contributed by atoms with Crippen molar-refractivity contribution >= 4 is 0 Å². The summed E-state index contributed by atoms with van der Waals surface area (Å²) in [6.45, 7) is 4.58. The van der Waals surface area contributed by atoms with Crippen LogP contribution in [0.2, 0.25) is 0 Å². The van der Waals surface area contributed by atoms with Crippen molar-refractivity contribution in [2.24, 2.45) is 0 Å². The van der Waals surface area contributed by atoms with E-state index in [9.17, 15) is 0 Å². The summed E-state index contributed by atoms with van der Waals surface area (Å²) in [6, 6.07) is 9.90. The van der Waals surface area contributed by atoms with Crippen molar-refractivity contribution in [2.75, 3.05) is 6.61 Å². The zero-order chi connectivity index (χ0) is 13.0. The third kappa shape index (κ3) is 2.51. The second-order valence-electron chi connectivity index (χ2n) is 3.95. The molecule has 4 nitrogen and oxygen atoms in total. The van der Waals surface area contributed by atoms with Gasteiger partial charge in [-0.15, -0.1) is 0 Å². The highest BCUT2D eigenvalue weighted by Crippen LogP contribution is 2.23. The number of rotatable bonds is 4. The summed E-state index contributed by atoms with van der Waals surface area (Å²) in [7, 11) is 0. The Bertz CT molecular complexity index is 564. The number of aromatic nitrogens is 2. The minimum absolute atomic E-state index is 0.303. The van der Waals surface area contributed by atoms with Gasteiger partial charge in [-0.25, -0.2) is 4.98 Å². The fraction of sp³-hybridized carbons (Fsp3) is 0.286. The largest absolute Gasteiger partial charge is 0.494 e. The van der Waals surface area contributed by atoms with Gasteiger partial charge in [-0.3, -0.25) is 0 Å². The number of aromatic amines is 1. The first-order valence-corrected chi connectivity index (χ1v) is 5.90. The second-order valence-corrected chi connectivity index (χ2v) is 3.95. The SMILES string of the molecule is CCOc1ccc(-c2nc(CC#N)[nH]c2C)cc1. The molecule has 2 aromatic rings. The molecule has 18 heavy (non-hydrogen) atoms. The van der Waals surface area contributed by atoms with Gasteiger partial charge in [0.1, 0.15) is 11.6 Å². The Morgan fingerprint density at radius 1 is 1.33 bits per heavy atom. The van der Waals surface area contributed by atoms with Crippen molar-refractivity contribution in [3.63, 3.8) is 0 Å². The van der Waals surface area contributed by atoms with Gasteiger partial charge < -0.3 is 9.72 Å². The second kappa shape index (κ2) is 5.37. The topological polar surface area (TPSA) is 61.7 Å². The van der Waals surface area contributed by atoms with E-state index in [0.29, 0.717) is 18.9 Å². The first-order valence-electron chi connectivity index (χ1n) is 5.90. The van der Waals surface area contributed by atoms with Crippen LogP contribution in [0, 0.1) is 18.3 Å². The molecule has 0 saturated carbocycles. The van der Waals surface area contributed by atoms with Gasteiger partial charge in [0, 0.05) is 11.3 Å². The summed E-state index contributed by atoms with van der Waals surface area (Å²) in [5, 5.41) is 8.66. The van der Waals surface area contributed by atoms with Crippen LogP contribution < -0.4 is 4.74 Å². The molecule has 0 radical (unpaired) electrons.